The number of halogens is 2. The fourth-order valence-corrected chi connectivity index (χ4v) is 2.15. The van der Waals surface area contributed by atoms with Gasteiger partial charge in [-0.25, -0.2) is 4.39 Å². The molecule has 0 bridgehead atoms. The second-order valence-corrected chi connectivity index (χ2v) is 5.58. The maximum absolute atomic E-state index is 13.6. The zero-order valence-electron chi connectivity index (χ0n) is 15.2. The van der Waals surface area contributed by atoms with Crippen molar-refractivity contribution in [2.45, 2.75) is 13.0 Å². The number of amides is 1. The highest BCUT2D eigenvalue weighted by atomic mass is 127. The highest BCUT2D eigenvalue weighted by molar-refractivity contribution is 14.0. The zero-order valence-corrected chi connectivity index (χ0v) is 17.6. The molecule has 0 aromatic heterocycles. The van der Waals surface area contributed by atoms with Gasteiger partial charge in [0.2, 0.25) is 5.91 Å². The highest BCUT2D eigenvalue weighted by Crippen LogP contribution is 2.16. The van der Waals surface area contributed by atoms with Crippen LogP contribution in [-0.2, 0) is 4.79 Å². The van der Waals surface area contributed by atoms with Crippen LogP contribution in [0.25, 0.3) is 0 Å². The molecule has 0 aliphatic carbocycles. The van der Waals surface area contributed by atoms with E-state index in [1.54, 1.807) is 25.2 Å². The molecule has 0 saturated heterocycles. The number of aliphatic imine (C=N–C) groups is 1. The number of guanidine groups is 1. The number of nitrogens with one attached hydrogen (secondary N) is 3. The smallest absolute Gasteiger partial charge is 0.243 e. The van der Waals surface area contributed by atoms with Crippen molar-refractivity contribution in [2.75, 3.05) is 25.5 Å². The van der Waals surface area contributed by atoms with E-state index in [0.29, 0.717) is 12.5 Å². The number of ether oxygens (including phenoxy) is 1. The molecule has 146 valence electrons. The van der Waals surface area contributed by atoms with Crippen molar-refractivity contribution >= 4 is 41.5 Å². The Kier molecular flexibility index (Phi) is 10.2. The van der Waals surface area contributed by atoms with Crippen LogP contribution in [0.3, 0.4) is 0 Å². The van der Waals surface area contributed by atoms with Crippen molar-refractivity contribution in [1.82, 2.24) is 10.6 Å². The standard InChI is InChI=1S/C19H23FN4O2.HI/c1-14(26-17-11-7-6-10-16(17)20)12-22-19(21-2)23-13-18(25)24-15-8-4-3-5-9-15;/h3-11,14H,12-13H2,1-2H3,(H,24,25)(H2,21,22,23);1H. The zero-order chi connectivity index (χ0) is 18.8. The molecule has 2 aromatic rings. The largest absolute Gasteiger partial charge is 0.486 e. The van der Waals surface area contributed by atoms with Crippen LogP contribution < -0.4 is 20.7 Å². The molecule has 0 fully saturated rings. The monoisotopic (exact) mass is 486 g/mol. The van der Waals surface area contributed by atoms with Gasteiger partial charge < -0.3 is 20.7 Å². The van der Waals surface area contributed by atoms with Gasteiger partial charge in [0.1, 0.15) is 6.10 Å². The van der Waals surface area contributed by atoms with Crippen molar-refractivity contribution < 1.29 is 13.9 Å². The summed E-state index contributed by atoms with van der Waals surface area (Å²) in [6.07, 6.45) is -0.288. The molecule has 0 saturated carbocycles. The molecule has 27 heavy (non-hydrogen) atoms. The van der Waals surface area contributed by atoms with E-state index in [9.17, 15) is 9.18 Å². The number of nitrogens with zero attached hydrogens (tertiary/aromatic N) is 1. The Bertz CT molecular complexity index is 743. The molecule has 2 rings (SSSR count). The third-order valence-electron chi connectivity index (χ3n) is 3.42. The number of anilines is 1. The first-order valence-corrected chi connectivity index (χ1v) is 8.29. The number of carbonyl (C=O) groups is 1. The number of benzene rings is 2. The van der Waals surface area contributed by atoms with E-state index in [2.05, 4.69) is 20.9 Å². The Balaban J connectivity index is 0.00000364. The summed E-state index contributed by atoms with van der Waals surface area (Å²) in [5, 5.41) is 8.73. The van der Waals surface area contributed by atoms with Crippen LogP contribution in [0.4, 0.5) is 10.1 Å². The summed E-state index contributed by atoms with van der Waals surface area (Å²) in [7, 11) is 1.60. The predicted octanol–water partition coefficient (Wildman–Crippen LogP) is 3.01. The molecule has 0 aliphatic rings. The Morgan fingerprint density at radius 1 is 1.11 bits per heavy atom. The summed E-state index contributed by atoms with van der Waals surface area (Å²) >= 11 is 0. The van der Waals surface area contributed by atoms with E-state index < -0.39 is 5.82 Å². The van der Waals surface area contributed by atoms with Gasteiger partial charge in [0.25, 0.3) is 0 Å². The lowest BCUT2D eigenvalue weighted by Crippen LogP contribution is -2.44. The van der Waals surface area contributed by atoms with Crippen LogP contribution in [0.1, 0.15) is 6.92 Å². The summed E-state index contributed by atoms with van der Waals surface area (Å²) in [6, 6.07) is 15.4. The molecule has 1 unspecified atom stereocenters. The van der Waals surface area contributed by atoms with Crippen molar-refractivity contribution in [1.29, 1.82) is 0 Å². The molecule has 3 N–H and O–H groups in total. The Morgan fingerprint density at radius 3 is 2.44 bits per heavy atom. The highest BCUT2D eigenvalue weighted by Gasteiger charge is 2.09. The number of hydrogen-bond donors (Lipinski definition) is 3. The molecule has 0 spiro atoms. The first kappa shape index (κ1) is 22.7. The SMILES string of the molecule is CN=C(NCC(=O)Nc1ccccc1)NCC(C)Oc1ccccc1F.I. The van der Waals surface area contributed by atoms with Gasteiger partial charge in [-0.2, -0.15) is 0 Å². The molecule has 6 nitrogen and oxygen atoms in total. The predicted molar refractivity (Wildman–Crippen MR) is 116 cm³/mol. The van der Waals surface area contributed by atoms with Gasteiger partial charge in [0, 0.05) is 12.7 Å². The van der Waals surface area contributed by atoms with Crippen molar-refractivity contribution in [3.63, 3.8) is 0 Å². The summed E-state index contributed by atoms with van der Waals surface area (Å²) in [5.74, 6) is 0.0680. The number of para-hydroxylation sites is 2. The summed E-state index contributed by atoms with van der Waals surface area (Å²) in [5.41, 5.74) is 0.731. The summed E-state index contributed by atoms with van der Waals surface area (Å²) in [6.45, 7) is 2.28. The maximum Gasteiger partial charge on any atom is 0.243 e. The molecule has 1 amide bonds. The minimum atomic E-state index is -0.403. The van der Waals surface area contributed by atoms with Gasteiger partial charge in [0.05, 0.1) is 13.1 Å². The summed E-state index contributed by atoms with van der Waals surface area (Å²) in [4.78, 5) is 16.0. The lowest BCUT2D eigenvalue weighted by molar-refractivity contribution is -0.115. The van der Waals surface area contributed by atoms with Crippen LogP contribution in [0.15, 0.2) is 59.6 Å². The molecular weight excluding hydrogens is 462 g/mol. The van der Waals surface area contributed by atoms with Crippen molar-refractivity contribution in [3.8, 4) is 5.75 Å². The third kappa shape index (κ3) is 8.25. The van der Waals surface area contributed by atoms with Gasteiger partial charge >= 0.3 is 0 Å². The minimum absolute atomic E-state index is 0. The van der Waals surface area contributed by atoms with E-state index in [1.165, 1.54) is 6.07 Å². The van der Waals surface area contributed by atoms with Crippen LogP contribution >= 0.6 is 24.0 Å². The molecular formula is C19H24FIN4O2. The molecule has 1 atom stereocenters. The van der Waals surface area contributed by atoms with E-state index >= 15 is 0 Å². The lowest BCUT2D eigenvalue weighted by atomic mass is 10.3. The van der Waals surface area contributed by atoms with Crippen molar-refractivity contribution in [2.24, 2.45) is 4.99 Å². The van der Waals surface area contributed by atoms with E-state index in [-0.39, 0.29) is 48.3 Å². The second-order valence-electron chi connectivity index (χ2n) is 5.58. The van der Waals surface area contributed by atoms with Crippen LogP contribution in [0.2, 0.25) is 0 Å². The molecule has 0 radical (unpaired) electrons. The fourth-order valence-electron chi connectivity index (χ4n) is 2.15. The van der Waals surface area contributed by atoms with Crippen LogP contribution in [0, 0.1) is 5.82 Å². The first-order valence-electron chi connectivity index (χ1n) is 8.29. The molecule has 2 aromatic carbocycles. The van der Waals surface area contributed by atoms with Gasteiger partial charge in [0.15, 0.2) is 17.5 Å². The van der Waals surface area contributed by atoms with Gasteiger partial charge in [-0.3, -0.25) is 9.79 Å². The fraction of sp³-hybridized carbons (Fsp3) is 0.263. The van der Waals surface area contributed by atoms with Crippen LogP contribution in [0.5, 0.6) is 5.75 Å². The normalized spacial score (nSPS) is 11.7. The lowest BCUT2D eigenvalue weighted by Gasteiger charge is -2.18. The Labute approximate surface area is 175 Å². The average Bonchev–Trinajstić information content (AvgIpc) is 2.64. The average molecular weight is 486 g/mol. The Morgan fingerprint density at radius 2 is 1.78 bits per heavy atom. The molecule has 0 aliphatic heterocycles. The molecule has 8 heteroatoms. The van der Waals surface area contributed by atoms with Crippen LogP contribution in [-0.4, -0.2) is 38.1 Å². The number of hydrogen-bond acceptors (Lipinski definition) is 3. The Hall–Kier alpha value is -2.36. The van der Waals surface area contributed by atoms with Crippen molar-refractivity contribution in [3.05, 3.63) is 60.4 Å². The molecule has 0 heterocycles. The van der Waals surface area contributed by atoms with E-state index in [4.69, 9.17) is 4.74 Å². The van der Waals surface area contributed by atoms with E-state index in [0.717, 1.165) is 5.69 Å². The first-order chi connectivity index (χ1) is 12.6. The third-order valence-corrected chi connectivity index (χ3v) is 3.42. The number of rotatable bonds is 7. The number of carbonyl (C=O) groups excluding carboxylic acids is 1. The summed E-state index contributed by atoms with van der Waals surface area (Å²) < 4.78 is 19.1. The maximum atomic E-state index is 13.6. The van der Waals surface area contributed by atoms with Gasteiger partial charge in [-0.05, 0) is 31.2 Å². The second kappa shape index (κ2) is 12.1. The quantitative estimate of drug-likeness (QED) is 0.320. The van der Waals surface area contributed by atoms with E-state index in [1.807, 2.05) is 37.3 Å². The topological polar surface area (TPSA) is 74.8 Å². The van der Waals surface area contributed by atoms with Gasteiger partial charge in [-0.1, -0.05) is 30.3 Å². The van der Waals surface area contributed by atoms with Gasteiger partial charge in [-0.15, -0.1) is 24.0 Å². The minimum Gasteiger partial charge on any atom is -0.486 e.